The van der Waals surface area contributed by atoms with E-state index in [4.69, 9.17) is 0 Å². The van der Waals surface area contributed by atoms with Gasteiger partial charge in [0.2, 0.25) is 15.9 Å². The molecule has 0 radical (unpaired) electrons. The molecule has 3 rings (SSSR count). The van der Waals surface area contributed by atoms with Gasteiger partial charge in [0, 0.05) is 13.0 Å². The minimum atomic E-state index is -3.47. The molecule has 0 fully saturated rings. The topological polar surface area (TPSA) is 66.5 Å². The third-order valence-electron chi connectivity index (χ3n) is 6.18. The van der Waals surface area contributed by atoms with Gasteiger partial charge in [-0.15, -0.1) is 0 Å². The number of nitrogens with zero attached hydrogens (tertiary/aromatic N) is 1. The second-order valence-corrected chi connectivity index (χ2v) is 10.8. The van der Waals surface area contributed by atoms with E-state index < -0.39 is 10.0 Å². The molecule has 3 aromatic carbocycles. The average Bonchev–Trinajstić information content (AvgIpc) is 2.78. The predicted octanol–water partition coefficient (Wildman–Crippen LogP) is 5.37. The van der Waals surface area contributed by atoms with Crippen molar-refractivity contribution < 1.29 is 13.2 Å². The van der Waals surface area contributed by atoms with E-state index in [0.29, 0.717) is 12.1 Å². The molecule has 6 heteroatoms. The summed E-state index contributed by atoms with van der Waals surface area (Å²) in [6, 6.07) is 21.5. The molecule has 0 saturated heterocycles. The maximum Gasteiger partial charge on any atom is 0.232 e. The molecule has 34 heavy (non-hydrogen) atoms. The number of nitrogens with one attached hydrogen (secondary N) is 1. The molecular formula is C28H34N2O3S. The number of hydrogen-bond acceptors (Lipinski definition) is 3. The van der Waals surface area contributed by atoms with Crippen molar-refractivity contribution in [1.82, 2.24) is 5.32 Å². The Balaban J connectivity index is 1.75. The van der Waals surface area contributed by atoms with E-state index in [9.17, 15) is 13.2 Å². The summed E-state index contributed by atoms with van der Waals surface area (Å²) in [4.78, 5) is 13.0. The summed E-state index contributed by atoms with van der Waals surface area (Å²) in [7, 11) is -3.47. The number of carbonyl (C=O) groups is 1. The number of amides is 1. The monoisotopic (exact) mass is 478 g/mol. The van der Waals surface area contributed by atoms with Crippen LogP contribution in [0, 0.1) is 27.7 Å². The number of carbonyl (C=O) groups excluding carboxylic acids is 1. The van der Waals surface area contributed by atoms with Crippen LogP contribution >= 0.6 is 0 Å². The van der Waals surface area contributed by atoms with Crippen LogP contribution in [0.25, 0.3) is 0 Å². The first-order valence-corrected chi connectivity index (χ1v) is 13.4. The molecule has 0 aliphatic heterocycles. The van der Waals surface area contributed by atoms with Crippen LogP contribution in [0.5, 0.6) is 0 Å². The van der Waals surface area contributed by atoms with Crippen LogP contribution < -0.4 is 9.62 Å². The second-order valence-electron chi connectivity index (χ2n) is 8.93. The van der Waals surface area contributed by atoms with Gasteiger partial charge in [-0.3, -0.25) is 9.10 Å². The largest absolute Gasteiger partial charge is 0.345 e. The van der Waals surface area contributed by atoms with E-state index in [1.807, 2.05) is 62.4 Å². The van der Waals surface area contributed by atoms with Crippen molar-refractivity contribution in [2.75, 3.05) is 17.1 Å². The van der Waals surface area contributed by atoms with Crippen LogP contribution in [0.3, 0.4) is 0 Å². The second kappa shape index (κ2) is 10.9. The summed E-state index contributed by atoms with van der Waals surface area (Å²) in [5.41, 5.74) is 6.98. The van der Waals surface area contributed by atoms with Crippen LogP contribution in [-0.2, 0) is 14.8 Å². The highest BCUT2D eigenvalue weighted by molar-refractivity contribution is 7.92. The molecule has 1 atom stereocenters. The van der Waals surface area contributed by atoms with Gasteiger partial charge in [-0.25, -0.2) is 8.42 Å². The minimum Gasteiger partial charge on any atom is -0.345 e. The third kappa shape index (κ3) is 6.26. The predicted molar refractivity (Wildman–Crippen MR) is 140 cm³/mol. The molecule has 1 amide bonds. The van der Waals surface area contributed by atoms with E-state index in [1.165, 1.54) is 16.1 Å². The van der Waals surface area contributed by atoms with Crippen LogP contribution in [0.2, 0.25) is 0 Å². The Morgan fingerprint density at radius 1 is 0.912 bits per heavy atom. The summed E-state index contributed by atoms with van der Waals surface area (Å²) >= 11 is 0. The van der Waals surface area contributed by atoms with Gasteiger partial charge in [0.1, 0.15) is 0 Å². The smallest absolute Gasteiger partial charge is 0.232 e. The van der Waals surface area contributed by atoms with E-state index in [2.05, 4.69) is 37.4 Å². The molecule has 0 aliphatic carbocycles. The highest BCUT2D eigenvalue weighted by Gasteiger charge is 2.22. The van der Waals surface area contributed by atoms with Crippen molar-refractivity contribution in [3.63, 3.8) is 0 Å². The first-order valence-electron chi connectivity index (χ1n) is 11.5. The van der Waals surface area contributed by atoms with Crippen molar-refractivity contribution in [3.05, 3.63) is 100 Å². The van der Waals surface area contributed by atoms with E-state index >= 15 is 0 Å². The van der Waals surface area contributed by atoms with Crippen LogP contribution in [-0.4, -0.2) is 27.1 Å². The standard InChI is InChI=1S/C28H34N2O3S/c1-20-16-17-25(22(3)19-20)28(24-12-7-6-8-13-24)29-27(31)15-10-18-30(34(5,32)33)26-14-9-11-21(2)23(26)4/h6-9,11-14,16-17,19,28H,10,15,18H2,1-5H3,(H,29,31)/t28-/m1/s1. The molecule has 0 aliphatic rings. The van der Waals surface area contributed by atoms with Gasteiger partial charge in [-0.1, -0.05) is 66.2 Å². The van der Waals surface area contributed by atoms with Gasteiger partial charge in [-0.2, -0.15) is 0 Å². The lowest BCUT2D eigenvalue weighted by atomic mass is 9.93. The summed E-state index contributed by atoms with van der Waals surface area (Å²) in [5, 5.41) is 3.18. The van der Waals surface area contributed by atoms with E-state index in [1.54, 1.807) is 0 Å². The van der Waals surface area contributed by atoms with Crippen molar-refractivity contribution in [2.24, 2.45) is 0 Å². The quantitative estimate of drug-likeness (QED) is 0.449. The van der Waals surface area contributed by atoms with Gasteiger partial charge >= 0.3 is 0 Å². The average molecular weight is 479 g/mol. The Morgan fingerprint density at radius 2 is 1.62 bits per heavy atom. The first-order chi connectivity index (χ1) is 16.1. The van der Waals surface area contributed by atoms with Gasteiger partial charge in [0.05, 0.1) is 18.0 Å². The molecule has 0 spiro atoms. The molecular weight excluding hydrogens is 444 g/mol. The number of hydrogen-bond donors (Lipinski definition) is 1. The SMILES string of the molecule is Cc1ccc([C@H](NC(=O)CCCN(c2cccc(C)c2C)S(C)(=O)=O)c2ccccc2)c(C)c1. The highest BCUT2D eigenvalue weighted by Crippen LogP contribution is 2.27. The summed E-state index contributed by atoms with van der Waals surface area (Å²) in [6.45, 7) is 8.23. The van der Waals surface area contributed by atoms with Crippen LogP contribution in [0.15, 0.2) is 66.7 Å². The fourth-order valence-corrected chi connectivity index (χ4v) is 5.24. The van der Waals surface area contributed by atoms with Crippen molar-refractivity contribution >= 4 is 21.6 Å². The minimum absolute atomic E-state index is 0.108. The van der Waals surface area contributed by atoms with Crippen LogP contribution in [0.4, 0.5) is 5.69 Å². The number of sulfonamides is 1. The fourth-order valence-electron chi connectivity index (χ4n) is 4.22. The Morgan fingerprint density at radius 3 is 2.26 bits per heavy atom. The molecule has 0 unspecified atom stereocenters. The van der Waals surface area contributed by atoms with Crippen molar-refractivity contribution in [3.8, 4) is 0 Å². The van der Waals surface area contributed by atoms with Gasteiger partial charge < -0.3 is 5.32 Å². The number of anilines is 1. The summed E-state index contributed by atoms with van der Waals surface area (Å²) in [5.74, 6) is -0.108. The molecule has 0 bridgehead atoms. The highest BCUT2D eigenvalue weighted by atomic mass is 32.2. The lowest BCUT2D eigenvalue weighted by molar-refractivity contribution is -0.121. The lowest BCUT2D eigenvalue weighted by Crippen LogP contribution is -2.33. The molecule has 1 N–H and O–H groups in total. The molecule has 0 saturated carbocycles. The van der Waals surface area contributed by atoms with Gasteiger partial charge in [0.25, 0.3) is 0 Å². The van der Waals surface area contributed by atoms with Crippen LogP contribution in [0.1, 0.15) is 52.3 Å². The number of rotatable bonds is 9. The van der Waals surface area contributed by atoms with E-state index in [-0.39, 0.29) is 24.9 Å². The summed E-state index contributed by atoms with van der Waals surface area (Å²) < 4.78 is 26.4. The fraction of sp³-hybridized carbons (Fsp3) is 0.321. The Hall–Kier alpha value is -3.12. The molecule has 180 valence electrons. The Labute approximate surface area is 203 Å². The van der Waals surface area contributed by atoms with Gasteiger partial charge in [-0.05, 0) is 68.0 Å². The zero-order valence-corrected chi connectivity index (χ0v) is 21.4. The maximum atomic E-state index is 13.0. The number of benzene rings is 3. The first kappa shape index (κ1) is 25.5. The number of aryl methyl sites for hydroxylation is 3. The Kier molecular flexibility index (Phi) is 8.15. The molecule has 3 aromatic rings. The summed E-state index contributed by atoms with van der Waals surface area (Å²) in [6.07, 6.45) is 1.85. The zero-order valence-electron chi connectivity index (χ0n) is 20.6. The van der Waals surface area contributed by atoms with Crippen molar-refractivity contribution in [2.45, 2.75) is 46.6 Å². The van der Waals surface area contributed by atoms with Gasteiger partial charge in [0.15, 0.2) is 0 Å². The normalized spacial score (nSPS) is 12.3. The van der Waals surface area contributed by atoms with E-state index in [0.717, 1.165) is 27.8 Å². The molecule has 0 aromatic heterocycles. The Bertz CT molecular complexity index is 1250. The lowest BCUT2D eigenvalue weighted by Gasteiger charge is -2.25. The van der Waals surface area contributed by atoms with Crippen molar-refractivity contribution in [1.29, 1.82) is 0 Å². The molecule has 5 nitrogen and oxygen atoms in total. The zero-order chi connectivity index (χ0) is 24.9. The molecule has 0 heterocycles. The maximum absolute atomic E-state index is 13.0. The third-order valence-corrected chi connectivity index (χ3v) is 7.36.